The van der Waals surface area contributed by atoms with Gasteiger partial charge in [-0.3, -0.25) is 14.5 Å². The molecule has 0 saturated carbocycles. The van der Waals surface area contributed by atoms with Crippen molar-refractivity contribution in [2.24, 2.45) is 0 Å². The Hall–Kier alpha value is -3.42. The molecule has 1 fully saturated rings. The van der Waals surface area contributed by atoms with Crippen molar-refractivity contribution in [3.8, 4) is 5.75 Å². The summed E-state index contributed by atoms with van der Waals surface area (Å²) in [6.45, 7) is 5.87. The van der Waals surface area contributed by atoms with E-state index in [1.54, 1.807) is 54.6 Å². The van der Waals surface area contributed by atoms with Gasteiger partial charge in [0.05, 0.1) is 5.69 Å². The highest BCUT2D eigenvalue weighted by Crippen LogP contribution is 2.29. The maximum Gasteiger partial charge on any atom is 0.260 e. The Bertz CT molecular complexity index is 1210. The fraction of sp³-hybridized carbons (Fsp3) is 0.286. The van der Waals surface area contributed by atoms with Crippen LogP contribution in [-0.4, -0.2) is 53.4 Å². The number of halogens is 2. The molecule has 0 bridgehead atoms. The van der Waals surface area contributed by atoms with Crippen molar-refractivity contribution in [3.63, 3.8) is 0 Å². The van der Waals surface area contributed by atoms with Gasteiger partial charge < -0.3 is 15.0 Å². The van der Waals surface area contributed by atoms with Crippen LogP contribution in [0.1, 0.15) is 29.8 Å². The van der Waals surface area contributed by atoms with Crippen LogP contribution in [0.2, 0.25) is 5.02 Å². The van der Waals surface area contributed by atoms with Gasteiger partial charge in [-0.05, 0) is 61.9 Å². The molecule has 1 aliphatic rings. The summed E-state index contributed by atoms with van der Waals surface area (Å²) >= 11 is 6.14. The molecule has 6 nitrogen and oxygen atoms in total. The number of rotatable bonds is 7. The molecular formula is C28H29ClFN3O3. The van der Waals surface area contributed by atoms with Crippen LogP contribution in [0.4, 0.5) is 10.1 Å². The van der Waals surface area contributed by atoms with E-state index >= 15 is 0 Å². The highest BCUT2D eigenvalue weighted by molar-refractivity contribution is 6.31. The lowest BCUT2D eigenvalue weighted by atomic mass is 10.1. The maximum absolute atomic E-state index is 13.2. The first-order valence-corrected chi connectivity index (χ1v) is 12.2. The topological polar surface area (TPSA) is 61.9 Å². The normalized spacial score (nSPS) is 18.1. The van der Waals surface area contributed by atoms with E-state index in [9.17, 15) is 14.0 Å². The van der Waals surface area contributed by atoms with Crippen molar-refractivity contribution in [3.05, 3.63) is 94.8 Å². The first-order valence-electron chi connectivity index (χ1n) is 11.9. The van der Waals surface area contributed by atoms with Gasteiger partial charge in [-0.2, -0.15) is 0 Å². The number of nitrogens with one attached hydrogen (secondary N) is 1. The molecule has 0 spiro atoms. The summed E-state index contributed by atoms with van der Waals surface area (Å²) in [5.74, 6) is -0.313. The van der Waals surface area contributed by atoms with Gasteiger partial charge >= 0.3 is 0 Å². The highest BCUT2D eigenvalue weighted by atomic mass is 35.5. The summed E-state index contributed by atoms with van der Waals surface area (Å²) in [6, 6.07) is 20.3. The van der Waals surface area contributed by atoms with E-state index in [0.717, 1.165) is 5.56 Å². The van der Waals surface area contributed by atoms with Crippen molar-refractivity contribution in [1.29, 1.82) is 0 Å². The molecule has 8 heteroatoms. The molecule has 0 radical (unpaired) electrons. The number of nitrogens with zero attached hydrogens (tertiary/aromatic N) is 2. The van der Waals surface area contributed by atoms with Crippen LogP contribution in [0.15, 0.2) is 72.8 Å². The zero-order valence-electron chi connectivity index (χ0n) is 20.3. The second-order valence-electron chi connectivity index (χ2n) is 9.05. The Balaban J connectivity index is 1.37. The molecule has 36 heavy (non-hydrogen) atoms. The zero-order valence-corrected chi connectivity index (χ0v) is 21.0. The predicted molar refractivity (Wildman–Crippen MR) is 139 cm³/mol. The first-order chi connectivity index (χ1) is 17.3. The van der Waals surface area contributed by atoms with Crippen molar-refractivity contribution in [2.45, 2.75) is 32.5 Å². The van der Waals surface area contributed by atoms with Gasteiger partial charge in [0.15, 0.2) is 6.61 Å². The van der Waals surface area contributed by atoms with E-state index in [-0.39, 0.29) is 36.3 Å². The molecule has 0 aliphatic carbocycles. The van der Waals surface area contributed by atoms with Gasteiger partial charge in [0.25, 0.3) is 11.8 Å². The van der Waals surface area contributed by atoms with E-state index in [1.165, 1.54) is 12.1 Å². The van der Waals surface area contributed by atoms with Crippen molar-refractivity contribution < 1.29 is 18.7 Å². The van der Waals surface area contributed by atoms with Crippen molar-refractivity contribution in [1.82, 2.24) is 9.80 Å². The van der Waals surface area contributed by atoms with E-state index < -0.39 is 0 Å². The van der Waals surface area contributed by atoms with Crippen LogP contribution in [0.25, 0.3) is 0 Å². The summed E-state index contributed by atoms with van der Waals surface area (Å²) in [7, 11) is 0. The second-order valence-corrected chi connectivity index (χ2v) is 9.49. The number of ether oxygens (including phenoxy) is 1. The number of benzene rings is 3. The number of anilines is 1. The first kappa shape index (κ1) is 25.7. The molecule has 4 rings (SSSR count). The summed E-state index contributed by atoms with van der Waals surface area (Å²) in [5.41, 5.74) is 1.93. The number of piperazine rings is 1. The number of hydrogen-bond acceptors (Lipinski definition) is 4. The molecule has 1 saturated heterocycles. The van der Waals surface area contributed by atoms with Gasteiger partial charge in [0.2, 0.25) is 0 Å². The lowest BCUT2D eigenvalue weighted by molar-refractivity contribution is -0.139. The maximum atomic E-state index is 13.2. The van der Waals surface area contributed by atoms with Crippen molar-refractivity contribution in [2.75, 3.05) is 25.0 Å². The number of carbonyl (C=O) groups excluding carboxylic acids is 2. The average molecular weight is 510 g/mol. The van der Waals surface area contributed by atoms with Crippen LogP contribution in [-0.2, 0) is 11.3 Å². The lowest BCUT2D eigenvalue weighted by Crippen LogP contribution is -2.58. The van der Waals surface area contributed by atoms with E-state index in [1.807, 2.05) is 17.9 Å². The Kier molecular flexibility index (Phi) is 8.23. The largest absolute Gasteiger partial charge is 0.482 e. The number of hydrogen-bond donors (Lipinski definition) is 1. The highest BCUT2D eigenvalue weighted by Gasteiger charge is 2.32. The smallest absolute Gasteiger partial charge is 0.260 e. The quantitative estimate of drug-likeness (QED) is 0.473. The Morgan fingerprint density at radius 1 is 1.00 bits per heavy atom. The minimum Gasteiger partial charge on any atom is -0.482 e. The minimum absolute atomic E-state index is 0.0137. The van der Waals surface area contributed by atoms with Crippen LogP contribution in [0, 0.1) is 5.82 Å². The zero-order chi connectivity index (χ0) is 25.7. The molecule has 188 valence electrons. The van der Waals surface area contributed by atoms with E-state index in [4.69, 9.17) is 16.3 Å². The summed E-state index contributed by atoms with van der Waals surface area (Å²) < 4.78 is 19.1. The molecule has 3 aromatic rings. The second kappa shape index (κ2) is 11.5. The monoisotopic (exact) mass is 509 g/mol. The third-order valence-electron chi connectivity index (χ3n) is 6.31. The van der Waals surface area contributed by atoms with Gasteiger partial charge in [0.1, 0.15) is 11.6 Å². The fourth-order valence-corrected chi connectivity index (χ4v) is 4.49. The van der Waals surface area contributed by atoms with Gasteiger partial charge in [-0.1, -0.05) is 41.9 Å². The van der Waals surface area contributed by atoms with E-state index in [0.29, 0.717) is 41.7 Å². The molecule has 0 aromatic heterocycles. The minimum atomic E-state index is -0.297. The molecular weight excluding hydrogens is 481 g/mol. The van der Waals surface area contributed by atoms with Crippen LogP contribution in [0.5, 0.6) is 5.75 Å². The summed E-state index contributed by atoms with van der Waals surface area (Å²) in [5, 5.41) is 3.26. The molecule has 3 aromatic carbocycles. The van der Waals surface area contributed by atoms with Gasteiger partial charge in [0, 0.05) is 42.3 Å². The van der Waals surface area contributed by atoms with E-state index in [2.05, 4.69) is 17.1 Å². The standard InChI is InChI=1S/C28H29ClFN3O3/c1-19-16-33(20(2)15-32(19)17-21-8-11-24(30)12-9-21)27(34)18-36-26-13-10-23(29)14-25(26)31-28(35)22-6-4-3-5-7-22/h3-14,19-20H,15-18H2,1-2H3,(H,31,35)/t19-,20+/m0/s1. The Morgan fingerprint density at radius 2 is 1.72 bits per heavy atom. The molecule has 1 aliphatic heterocycles. The van der Waals surface area contributed by atoms with Gasteiger partial charge in [-0.15, -0.1) is 0 Å². The van der Waals surface area contributed by atoms with Crippen LogP contribution in [0.3, 0.4) is 0 Å². The Labute approximate surface area is 215 Å². The molecule has 1 N–H and O–H groups in total. The Morgan fingerprint density at radius 3 is 2.44 bits per heavy atom. The average Bonchev–Trinajstić information content (AvgIpc) is 2.87. The predicted octanol–water partition coefficient (Wildman–Crippen LogP) is 5.23. The fourth-order valence-electron chi connectivity index (χ4n) is 4.32. The third kappa shape index (κ3) is 6.42. The lowest BCUT2D eigenvalue weighted by Gasteiger charge is -2.44. The molecule has 0 unspecified atom stereocenters. The molecule has 2 amide bonds. The SMILES string of the molecule is C[C@@H]1CN(Cc2ccc(F)cc2)[C@@H](C)CN1C(=O)COc1ccc(Cl)cc1NC(=O)c1ccccc1. The number of amides is 2. The van der Waals surface area contributed by atoms with Gasteiger partial charge in [-0.25, -0.2) is 4.39 Å². The summed E-state index contributed by atoms with van der Waals surface area (Å²) in [4.78, 5) is 29.8. The third-order valence-corrected chi connectivity index (χ3v) is 6.55. The van der Waals surface area contributed by atoms with Crippen LogP contribution < -0.4 is 10.1 Å². The molecule has 1 heterocycles. The summed E-state index contributed by atoms with van der Waals surface area (Å²) in [6.07, 6.45) is 0. The molecule has 2 atom stereocenters. The van der Waals surface area contributed by atoms with Crippen molar-refractivity contribution >= 4 is 29.1 Å². The van der Waals surface area contributed by atoms with Crippen LogP contribution >= 0.6 is 11.6 Å². The number of carbonyl (C=O) groups is 2.